The number of carbonyl (C=O) groups is 2. The van der Waals surface area contributed by atoms with Gasteiger partial charge >= 0.3 is 0 Å². The summed E-state index contributed by atoms with van der Waals surface area (Å²) in [7, 11) is 1.56. The minimum Gasteiger partial charge on any atom is -0.493 e. The Kier molecular flexibility index (Phi) is 6.40. The van der Waals surface area contributed by atoms with Crippen molar-refractivity contribution in [2.24, 2.45) is 5.92 Å². The molecule has 0 aliphatic carbocycles. The van der Waals surface area contributed by atoms with Gasteiger partial charge in [-0.1, -0.05) is 30.3 Å². The largest absolute Gasteiger partial charge is 0.493 e. The van der Waals surface area contributed by atoms with Gasteiger partial charge < -0.3 is 24.1 Å². The number of hydrogen-bond donors (Lipinski definition) is 1. The van der Waals surface area contributed by atoms with Gasteiger partial charge in [0.1, 0.15) is 5.58 Å². The van der Waals surface area contributed by atoms with Gasteiger partial charge in [-0.15, -0.1) is 0 Å². The Morgan fingerprint density at radius 1 is 1.06 bits per heavy atom. The van der Waals surface area contributed by atoms with Crippen LogP contribution in [0.2, 0.25) is 0 Å². The number of methoxy groups -OCH3 is 1. The van der Waals surface area contributed by atoms with Crippen molar-refractivity contribution in [3.63, 3.8) is 0 Å². The van der Waals surface area contributed by atoms with Crippen molar-refractivity contribution in [3.05, 3.63) is 60.4 Å². The number of piperidine rings is 1. The predicted octanol–water partition coefficient (Wildman–Crippen LogP) is 3.49. The highest BCUT2D eigenvalue weighted by atomic mass is 16.5. The van der Waals surface area contributed by atoms with Crippen molar-refractivity contribution in [2.75, 3.05) is 33.4 Å². The van der Waals surface area contributed by atoms with E-state index in [0.717, 1.165) is 23.8 Å². The van der Waals surface area contributed by atoms with Gasteiger partial charge in [0.15, 0.2) is 23.9 Å². The number of rotatable bonds is 7. The fraction of sp³-hybridized carbons (Fsp3) is 0.333. The van der Waals surface area contributed by atoms with Crippen LogP contribution in [-0.4, -0.2) is 50.1 Å². The van der Waals surface area contributed by atoms with Gasteiger partial charge in [0.05, 0.1) is 7.11 Å². The number of hydrogen-bond acceptors (Lipinski definition) is 5. The number of amides is 2. The van der Waals surface area contributed by atoms with Crippen molar-refractivity contribution in [3.8, 4) is 11.5 Å². The van der Waals surface area contributed by atoms with Gasteiger partial charge in [0, 0.05) is 25.0 Å². The Morgan fingerprint density at radius 2 is 1.77 bits per heavy atom. The van der Waals surface area contributed by atoms with Crippen molar-refractivity contribution >= 4 is 22.8 Å². The zero-order chi connectivity index (χ0) is 21.6. The molecule has 1 N–H and O–H groups in total. The fourth-order valence-electron chi connectivity index (χ4n) is 3.77. The summed E-state index contributed by atoms with van der Waals surface area (Å²) in [4.78, 5) is 26.7. The number of nitrogens with one attached hydrogen (secondary N) is 1. The molecular weight excluding hydrogens is 396 g/mol. The minimum atomic E-state index is -0.174. The Hall–Kier alpha value is -3.48. The Morgan fingerprint density at radius 3 is 2.52 bits per heavy atom. The molecule has 0 unspecified atom stereocenters. The first-order chi connectivity index (χ1) is 15.1. The van der Waals surface area contributed by atoms with Gasteiger partial charge in [0.2, 0.25) is 0 Å². The van der Waals surface area contributed by atoms with E-state index in [1.807, 2.05) is 41.3 Å². The lowest BCUT2D eigenvalue weighted by Crippen LogP contribution is -2.42. The van der Waals surface area contributed by atoms with Crippen molar-refractivity contribution in [2.45, 2.75) is 12.8 Å². The third-order valence-electron chi connectivity index (χ3n) is 5.55. The summed E-state index contributed by atoms with van der Waals surface area (Å²) in [5, 5.41) is 3.86. The first-order valence-electron chi connectivity index (χ1n) is 10.4. The third kappa shape index (κ3) is 4.99. The van der Waals surface area contributed by atoms with Gasteiger partial charge in [-0.05, 0) is 43.0 Å². The van der Waals surface area contributed by atoms with Gasteiger partial charge in [-0.2, -0.15) is 0 Å². The number of para-hydroxylation sites is 3. The van der Waals surface area contributed by atoms with Crippen LogP contribution in [0.15, 0.2) is 59.0 Å². The van der Waals surface area contributed by atoms with E-state index in [9.17, 15) is 9.59 Å². The SMILES string of the molecule is COc1ccccc1OCC(=O)NCC1CCN(C(=O)c2cc3ccccc3o2)CC1. The summed E-state index contributed by atoms with van der Waals surface area (Å²) < 4.78 is 16.5. The molecule has 2 amide bonds. The highest BCUT2D eigenvalue weighted by molar-refractivity contribution is 5.96. The molecule has 1 aliphatic rings. The first-order valence-corrected chi connectivity index (χ1v) is 10.4. The highest BCUT2D eigenvalue weighted by Gasteiger charge is 2.26. The quantitative estimate of drug-likeness (QED) is 0.630. The maximum Gasteiger partial charge on any atom is 0.289 e. The van der Waals surface area contributed by atoms with Crippen LogP contribution in [0.4, 0.5) is 0 Å². The van der Waals surface area contributed by atoms with E-state index in [1.54, 1.807) is 25.3 Å². The fourth-order valence-corrected chi connectivity index (χ4v) is 3.77. The molecule has 0 atom stereocenters. The number of nitrogens with zero attached hydrogens (tertiary/aromatic N) is 1. The van der Waals surface area contributed by atoms with E-state index in [0.29, 0.717) is 42.8 Å². The van der Waals surface area contributed by atoms with E-state index in [2.05, 4.69) is 5.32 Å². The molecule has 1 aliphatic heterocycles. The molecule has 0 bridgehead atoms. The molecule has 0 saturated carbocycles. The normalized spacial score (nSPS) is 14.4. The first kappa shape index (κ1) is 20.8. The monoisotopic (exact) mass is 422 g/mol. The standard InChI is InChI=1S/C24H26N2O5/c1-29-20-8-4-5-9-21(20)30-16-23(27)25-15-17-10-12-26(13-11-17)24(28)22-14-18-6-2-3-7-19(18)31-22/h2-9,14,17H,10-13,15-16H2,1H3,(H,25,27). The van der Waals surface area contributed by atoms with Crippen LogP contribution in [0.5, 0.6) is 11.5 Å². The Labute approximate surface area is 180 Å². The number of likely N-dealkylation sites (tertiary alicyclic amines) is 1. The minimum absolute atomic E-state index is 0.0657. The summed E-state index contributed by atoms with van der Waals surface area (Å²) in [6.45, 7) is 1.80. The molecule has 4 rings (SSSR count). The smallest absolute Gasteiger partial charge is 0.289 e. The van der Waals surface area contributed by atoms with Gasteiger partial charge in [0.25, 0.3) is 11.8 Å². The van der Waals surface area contributed by atoms with Crippen LogP contribution in [0.3, 0.4) is 0 Å². The molecule has 1 fully saturated rings. The second kappa shape index (κ2) is 9.55. The maximum absolute atomic E-state index is 12.7. The average Bonchev–Trinajstić information content (AvgIpc) is 3.26. The van der Waals surface area contributed by atoms with E-state index >= 15 is 0 Å². The van der Waals surface area contributed by atoms with Crippen LogP contribution in [0.1, 0.15) is 23.4 Å². The molecule has 31 heavy (non-hydrogen) atoms. The molecule has 7 nitrogen and oxygen atoms in total. The van der Waals surface area contributed by atoms with E-state index in [1.165, 1.54) is 0 Å². The molecular formula is C24H26N2O5. The number of carbonyl (C=O) groups excluding carboxylic acids is 2. The van der Waals surface area contributed by atoms with E-state index in [4.69, 9.17) is 13.9 Å². The molecule has 2 aromatic carbocycles. The Balaban J connectivity index is 1.21. The summed E-state index contributed by atoms with van der Waals surface area (Å²) in [5.41, 5.74) is 0.721. The zero-order valence-electron chi connectivity index (χ0n) is 17.5. The van der Waals surface area contributed by atoms with E-state index < -0.39 is 0 Å². The second-order valence-corrected chi connectivity index (χ2v) is 7.63. The molecule has 1 saturated heterocycles. The molecule has 0 radical (unpaired) electrons. The Bertz CT molecular complexity index is 1020. The lowest BCUT2D eigenvalue weighted by molar-refractivity contribution is -0.123. The van der Waals surface area contributed by atoms with Crippen LogP contribution >= 0.6 is 0 Å². The molecule has 162 valence electrons. The predicted molar refractivity (Wildman–Crippen MR) is 116 cm³/mol. The molecule has 2 heterocycles. The number of fused-ring (bicyclic) bond motifs is 1. The number of benzene rings is 2. The molecule has 7 heteroatoms. The summed E-state index contributed by atoms with van der Waals surface area (Å²) in [6, 6.07) is 16.6. The average molecular weight is 422 g/mol. The third-order valence-corrected chi connectivity index (χ3v) is 5.55. The van der Waals surface area contributed by atoms with Crippen LogP contribution in [-0.2, 0) is 4.79 Å². The lowest BCUT2D eigenvalue weighted by atomic mass is 9.96. The summed E-state index contributed by atoms with van der Waals surface area (Å²) in [5.74, 6) is 1.58. The van der Waals surface area contributed by atoms with Crippen LogP contribution in [0, 0.1) is 5.92 Å². The summed E-state index contributed by atoms with van der Waals surface area (Å²) in [6.07, 6.45) is 1.67. The number of furan rings is 1. The number of ether oxygens (including phenoxy) is 2. The second-order valence-electron chi connectivity index (χ2n) is 7.63. The van der Waals surface area contributed by atoms with E-state index in [-0.39, 0.29) is 18.4 Å². The van der Waals surface area contributed by atoms with Crippen LogP contribution in [0.25, 0.3) is 11.0 Å². The lowest BCUT2D eigenvalue weighted by Gasteiger charge is -2.31. The van der Waals surface area contributed by atoms with Gasteiger partial charge in [-0.3, -0.25) is 9.59 Å². The van der Waals surface area contributed by atoms with Gasteiger partial charge in [-0.25, -0.2) is 0 Å². The van der Waals surface area contributed by atoms with Crippen molar-refractivity contribution in [1.82, 2.24) is 10.2 Å². The molecule has 3 aromatic rings. The summed E-state index contributed by atoms with van der Waals surface area (Å²) >= 11 is 0. The zero-order valence-corrected chi connectivity index (χ0v) is 17.5. The van der Waals surface area contributed by atoms with Crippen molar-refractivity contribution < 1.29 is 23.5 Å². The highest BCUT2D eigenvalue weighted by Crippen LogP contribution is 2.26. The molecule has 1 aromatic heterocycles. The topological polar surface area (TPSA) is 81.0 Å². The van der Waals surface area contributed by atoms with Crippen molar-refractivity contribution in [1.29, 1.82) is 0 Å². The maximum atomic E-state index is 12.7. The van der Waals surface area contributed by atoms with Crippen LogP contribution < -0.4 is 14.8 Å². The molecule has 0 spiro atoms.